The quantitative estimate of drug-likeness (QED) is 0.816. The van der Waals surface area contributed by atoms with Gasteiger partial charge in [-0.05, 0) is 18.4 Å². The van der Waals surface area contributed by atoms with E-state index in [2.05, 4.69) is 10.5 Å². The summed E-state index contributed by atoms with van der Waals surface area (Å²) < 4.78 is 10.1. The molecule has 21 heavy (non-hydrogen) atoms. The molecule has 6 nitrogen and oxygen atoms in total. The van der Waals surface area contributed by atoms with E-state index in [-0.39, 0.29) is 18.1 Å². The van der Waals surface area contributed by atoms with Crippen LogP contribution in [-0.2, 0) is 4.74 Å². The van der Waals surface area contributed by atoms with E-state index in [9.17, 15) is 9.90 Å². The summed E-state index contributed by atoms with van der Waals surface area (Å²) in [5.74, 6) is 0.181. The van der Waals surface area contributed by atoms with Gasteiger partial charge >= 0.3 is 0 Å². The summed E-state index contributed by atoms with van der Waals surface area (Å²) in [6.45, 7) is 2.19. The number of nitrogens with zero attached hydrogens (tertiary/aromatic N) is 1. The minimum Gasteiger partial charge on any atom is -0.388 e. The fraction of sp³-hybridized carbons (Fsp3) is 0.429. The molecule has 0 aromatic carbocycles. The highest BCUT2D eigenvalue weighted by molar-refractivity contribution is 7.13. The smallest absolute Gasteiger partial charge is 0.273 e. The van der Waals surface area contributed by atoms with Gasteiger partial charge in [0.2, 0.25) is 0 Å². The zero-order valence-corrected chi connectivity index (χ0v) is 12.8. The Morgan fingerprint density at radius 1 is 1.62 bits per heavy atom. The number of rotatable bonds is 7. The van der Waals surface area contributed by atoms with Crippen molar-refractivity contribution < 1.29 is 19.2 Å². The molecule has 7 heteroatoms. The third kappa shape index (κ3) is 4.38. The lowest BCUT2D eigenvalue weighted by atomic mass is 10.0. The van der Waals surface area contributed by atoms with Gasteiger partial charge < -0.3 is 19.7 Å². The molecule has 1 unspecified atom stereocenters. The van der Waals surface area contributed by atoms with Crippen LogP contribution in [-0.4, -0.2) is 42.0 Å². The third-order valence-electron chi connectivity index (χ3n) is 2.98. The molecule has 2 rings (SSSR count). The predicted molar refractivity (Wildman–Crippen MR) is 79.3 cm³/mol. The lowest BCUT2D eigenvalue weighted by molar-refractivity contribution is 0.0242. The number of amides is 1. The summed E-state index contributed by atoms with van der Waals surface area (Å²) in [5.41, 5.74) is -0.827. The number of nitrogens with one attached hydrogen (secondary N) is 1. The molecule has 1 atom stereocenters. The molecule has 0 radical (unpaired) electrons. The van der Waals surface area contributed by atoms with Crippen molar-refractivity contribution in [2.45, 2.75) is 18.9 Å². The summed E-state index contributed by atoms with van der Waals surface area (Å²) in [5, 5.41) is 18.4. The first-order valence-electron chi connectivity index (χ1n) is 6.52. The van der Waals surface area contributed by atoms with Gasteiger partial charge in [-0.1, -0.05) is 11.2 Å². The summed E-state index contributed by atoms with van der Waals surface area (Å²) in [6, 6.07) is 5.38. The number of ether oxygens (including phenoxy) is 1. The van der Waals surface area contributed by atoms with Gasteiger partial charge in [-0.2, -0.15) is 0 Å². The van der Waals surface area contributed by atoms with Crippen LogP contribution in [0.4, 0.5) is 0 Å². The molecule has 2 aromatic rings. The molecule has 2 heterocycles. The average Bonchev–Trinajstić information content (AvgIpc) is 3.12. The average molecular weight is 310 g/mol. The van der Waals surface area contributed by atoms with Crippen molar-refractivity contribution in [1.82, 2.24) is 10.5 Å². The second-order valence-electron chi connectivity index (χ2n) is 4.98. The van der Waals surface area contributed by atoms with Crippen LogP contribution in [0, 0.1) is 0 Å². The first-order chi connectivity index (χ1) is 10.0. The predicted octanol–water partition coefficient (Wildman–Crippen LogP) is 1.92. The molecule has 0 fully saturated rings. The Kier molecular flexibility index (Phi) is 5.11. The first-order valence-corrected chi connectivity index (χ1v) is 7.40. The fourth-order valence-corrected chi connectivity index (χ4v) is 2.36. The molecular weight excluding hydrogens is 292 g/mol. The number of hydrogen-bond acceptors (Lipinski definition) is 6. The van der Waals surface area contributed by atoms with Gasteiger partial charge in [-0.3, -0.25) is 4.79 Å². The van der Waals surface area contributed by atoms with Gasteiger partial charge in [0, 0.05) is 32.7 Å². The maximum atomic E-state index is 12.0. The number of carbonyl (C=O) groups is 1. The van der Waals surface area contributed by atoms with Crippen LogP contribution in [0.2, 0.25) is 0 Å². The van der Waals surface area contributed by atoms with Gasteiger partial charge in [-0.25, -0.2) is 0 Å². The Bertz CT molecular complexity index is 578. The largest absolute Gasteiger partial charge is 0.388 e. The van der Waals surface area contributed by atoms with Crippen molar-refractivity contribution in [2.24, 2.45) is 0 Å². The molecule has 0 saturated carbocycles. The van der Waals surface area contributed by atoms with Gasteiger partial charge in [0.1, 0.15) is 0 Å². The molecule has 114 valence electrons. The van der Waals surface area contributed by atoms with E-state index < -0.39 is 5.60 Å². The zero-order valence-electron chi connectivity index (χ0n) is 12.0. The van der Waals surface area contributed by atoms with Crippen LogP contribution < -0.4 is 5.32 Å². The third-order valence-corrected chi connectivity index (χ3v) is 3.87. The van der Waals surface area contributed by atoms with Crippen molar-refractivity contribution in [1.29, 1.82) is 0 Å². The first kappa shape index (κ1) is 15.7. The van der Waals surface area contributed by atoms with E-state index in [0.29, 0.717) is 18.8 Å². The minimum absolute atomic E-state index is 0.121. The van der Waals surface area contributed by atoms with Gasteiger partial charge in [0.15, 0.2) is 11.5 Å². The highest BCUT2D eigenvalue weighted by Gasteiger charge is 2.22. The second kappa shape index (κ2) is 6.84. The van der Waals surface area contributed by atoms with Crippen LogP contribution >= 0.6 is 11.3 Å². The lowest BCUT2D eigenvalue weighted by Crippen LogP contribution is -2.41. The number of thiophene rings is 1. The van der Waals surface area contributed by atoms with Crippen LogP contribution in [0.1, 0.15) is 23.8 Å². The number of aliphatic hydroxyl groups is 1. The maximum absolute atomic E-state index is 12.0. The molecular formula is C14H18N2O4S. The van der Waals surface area contributed by atoms with E-state index in [1.54, 1.807) is 20.1 Å². The fourth-order valence-electron chi connectivity index (χ4n) is 1.69. The van der Waals surface area contributed by atoms with Crippen LogP contribution in [0.3, 0.4) is 0 Å². The summed E-state index contributed by atoms with van der Waals surface area (Å²) in [4.78, 5) is 12.9. The molecule has 0 aliphatic heterocycles. The second-order valence-corrected chi connectivity index (χ2v) is 5.92. The Labute approximate surface area is 126 Å². The number of methoxy groups -OCH3 is 1. The number of aromatic nitrogens is 1. The highest BCUT2D eigenvalue weighted by atomic mass is 32.1. The lowest BCUT2D eigenvalue weighted by Gasteiger charge is -2.22. The highest BCUT2D eigenvalue weighted by Crippen LogP contribution is 2.25. The topological polar surface area (TPSA) is 84.6 Å². The normalized spacial score (nSPS) is 13.9. The Morgan fingerprint density at radius 3 is 3.10 bits per heavy atom. The molecule has 0 saturated heterocycles. The van der Waals surface area contributed by atoms with Gasteiger partial charge in [0.25, 0.3) is 5.91 Å². The van der Waals surface area contributed by atoms with E-state index in [4.69, 9.17) is 9.26 Å². The summed E-state index contributed by atoms with van der Waals surface area (Å²) in [7, 11) is 1.57. The van der Waals surface area contributed by atoms with Gasteiger partial charge in [-0.15, -0.1) is 11.3 Å². The van der Waals surface area contributed by atoms with Crippen molar-refractivity contribution in [2.75, 3.05) is 20.3 Å². The summed E-state index contributed by atoms with van der Waals surface area (Å²) in [6.07, 6.45) is 0.434. The molecule has 0 aliphatic carbocycles. The Balaban J connectivity index is 1.92. The van der Waals surface area contributed by atoms with Crippen molar-refractivity contribution in [3.63, 3.8) is 0 Å². The zero-order chi connectivity index (χ0) is 15.3. The van der Waals surface area contributed by atoms with E-state index in [1.807, 2.05) is 17.5 Å². The van der Waals surface area contributed by atoms with Crippen molar-refractivity contribution in [3.8, 4) is 10.6 Å². The standard InChI is InChI=1S/C14H18N2O4S/c1-14(18,5-6-19-2)9-15-13(17)10-8-11(20-16-10)12-4-3-7-21-12/h3-4,7-8,18H,5-6,9H2,1-2H3,(H,15,17). The monoisotopic (exact) mass is 310 g/mol. The SMILES string of the molecule is COCCC(C)(O)CNC(=O)c1cc(-c2cccs2)on1. The van der Waals surface area contributed by atoms with Crippen LogP contribution in [0.15, 0.2) is 28.1 Å². The van der Waals surface area contributed by atoms with E-state index in [1.165, 1.54) is 11.3 Å². The van der Waals surface area contributed by atoms with Crippen molar-refractivity contribution in [3.05, 3.63) is 29.3 Å². The molecule has 2 N–H and O–H groups in total. The van der Waals surface area contributed by atoms with E-state index >= 15 is 0 Å². The number of carbonyl (C=O) groups excluding carboxylic acids is 1. The molecule has 0 bridgehead atoms. The van der Waals surface area contributed by atoms with Gasteiger partial charge in [0.05, 0.1) is 10.5 Å². The van der Waals surface area contributed by atoms with Crippen molar-refractivity contribution >= 4 is 17.2 Å². The van der Waals surface area contributed by atoms with Crippen LogP contribution in [0.25, 0.3) is 10.6 Å². The number of hydrogen-bond donors (Lipinski definition) is 2. The maximum Gasteiger partial charge on any atom is 0.273 e. The molecule has 0 aliphatic rings. The Morgan fingerprint density at radius 2 is 2.43 bits per heavy atom. The molecule has 0 spiro atoms. The Hall–Kier alpha value is -1.70. The van der Waals surface area contributed by atoms with E-state index in [0.717, 1.165) is 4.88 Å². The minimum atomic E-state index is -1.02. The molecule has 1 amide bonds. The summed E-state index contributed by atoms with van der Waals surface area (Å²) >= 11 is 1.51. The van der Waals surface area contributed by atoms with Crippen LogP contribution in [0.5, 0.6) is 0 Å². The molecule has 2 aromatic heterocycles.